The highest BCUT2D eigenvalue weighted by molar-refractivity contribution is 5.95. The normalized spacial score (nSPS) is 11.1. The second kappa shape index (κ2) is 7.85. The van der Waals surface area contributed by atoms with E-state index in [0.717, 1.165) is 33.6 Å². The summed E-state index contributed by atoms with van der Waals surface area (Å²) in [5.74, 6) is 1.47. The maximum Gasteiger partial charge on any atom is 0.264 e. The molecule has 28 heavy (non-hydrogen) atoms. The number of fused-ring (bicyclic) bond motifs is 1. The Morgan fingerprint density at radius 1 is 1.18 bits per heavy atom. The van der Waals surface area contributed by atoms with Crippen LogP contribution in [0.1, 0.15) is 5.56 Å². The monoisotopic (exact) mass is 384 g/mol. The number of rotatable bonds is 6. The molecule has 0 aliphatic carbocycles. The molecule has 2 heterocycles. The van der Waals surface area contributed by atoms with Crippen LogP contribution in [0.15, 0.2) is 35.5 Å². The highest BCUT2D eigenvalue weighted by Crippen LogP contribution is 2.37. The van der Waals surface area contributed by atoms with Gasteiger partial charge >= 0.3 is 0 Å². The third kappa shape index (κ3) is 3.50. The number of benzene rings is 1. The SMILES string of the molecule is CN[n+]1cc2c(=O)n(C)cc(-c3cc(OC)c(CN(C)C)c(OC)c3)c2cn1. The van der Waals surface area contributed by atoms with Crippen LogP contribution in [0.5, 0.6) is 11.5 Å². The first-order valence-electron chi connectivity index (χ1n) is 8.88. The van der Waals surface area contributed by atoms with Gasteiger partial charge in [-0.2, -0.15) is 5.43 Å². The van der Waals surface area contributed by atoms with E-state index in [1.54, 1.807) is 45.3 Å². The number of methoxy groups -OCH3 is 2. The van der Waals surface area contributed by atoms with Crippen LogP contribution < -0.4 is 25.2 Å². The van der Waals surface area contributed by atoms with Gasteiger partial charge in [0.2, 0.25) is 6.20 Å². The van der Waals surface area contributed by atoms with E-state index in [-0.39, 0.29) is 5.56 Å². The Bertz CT molecular complexity index is 1050. The maximum absolute atomic E-state index is 12.6. The molecular weight excluding hydrogens is 358 g/mol. The highest BCUT2D eigenvalue weighted by atomic mass is 16.5. The summed E-state index contributed by atoms with van der Waals surface area (Å²) in [6.45, 7) is 0.685. The van der Waals surface area contributed by atoms with Crippen LogP contribution in [0.25, 0.3) is 21.9 Å². The minimum absolute atomic E-state index is 0.0895. The minimum Gasteiger partial charge on any atom is -0.496 e. The van der Waals surface area contributed by atoms with Gasteiger partial charge in [0, 0.05) is 40.6 Å². The zero-order valence-electron chi connectivity index (χ0n) is 17.1. The Balaban J connectivity index is 2.30. The quantitative estimate of drug-likeness (QED) is 0.643. The molecule has 0 amide bonds. The van der Waals surface area contributed by atoms with Gasteiger partial charge < -0.3 is 18.9 Å². The van der Waals surface area contributed by atoms with Gasteiger partial charge in [0.15, 0.2) is 0 Å². The van der Waals surface area contributed by atoms with Crippen molar-refractivity contribution in [2.24, 2.45) is 7.05 Å². The molecule has 0 saturated heterocycles. The molecule has 0 bridgehead atoms. The summed E-state index contributed by atoms with van der Waals surface area (Å²) < 4.78 is 12.9. The van der Waals surface area contributed by atoms with E-state index >= 15 is 0 Å². The summed E-state index contributed by atoms with van der Waals surface area (Å²) in [6, 6.07) is 3.94. The first kappa shape index (κ1) is 19.6. The van der Waals surface area contributed by atoms with Crippen LogP contribution in [0, 0.1) is 0 Å². The molecule has 0 radical (unpaired) electrons. The van der Waals surface area contributed by atoms with Crippen LogP contribution in [-0.2, 0) is 13.6 Å². The second-order valence-electron chi connectivity index (χ2n) is 6.83. The van der Waals surface area contributed by atoms with Crippen molar-refractivity contribution in [2.45, 2.75) is 6.54 Å². The minimum atomic E-state index is -0.0895. The van der Waals surface area contributed by atoms with Crippen molar-refractivity contribution >= 4 is 10.8 Å². The van der Waals surface area contributed by atoms with Gasteiger partial charge in [-0.15, -0.1) is 0 Å². The Morgan fingerprint density at radius 2 is 1.82 bits per heavy atom. The predicted octanol–water partition coefficient (Wildman–Crippen LogP) is 1.14. The van der Waals surface area contributed by atoms with E-state index in [4.69, 9.17) is 9.47 Å². The average Bonchev–Trinajstić information content (AvgIpc) is 2.70. The van der Waals surface area contributed by atoms with E-state index in [2.05, 4.69) is 15.4 Å². The van der Waals surface area contributed by atoms with Gasteiger partial charge in [-0.05, 0) is 31.8 Å². The van der Waals surface area contributed by atoms with Crippen molar-refractivity contribution in [3.05, 3.63) is 46.6 Å². The number of pyridine rings is 1. The van der Waals surface area contributed by atoms with Crippen molar-refractivity contribution in [1.82, 2.24) is 14.6 Å². The third-order valence-electron chi connectivity index (χ3n) is 4.64. The molecule has 1 aromatic carbocycles. The molecule has 2 aromatic heterocycles. The molecule has 8 heteroatoms. The summed E-state index contributed by atoms with van der Waals surface area (Å²) in [6.07, 6.45) is 5.20. The van der Waals surface area contributed by atoms with Gasteiger partial charge in [-0.3, -0.25) is 4.79 Å². The van der Waals surface area contributed by atoms with E-state index < -0.39 is 0 Å². The Labute approximate surface area is 163 Å². The lowest BCUT2D eigenvalue weighted by Crippen LogP contribution is -2.46. The molecular formula is C20H26N5O3+. The average molecular weight is 384 g/mol. The molecule has 0 spiro atoms. The van der Waals surface area contributed by atoms with Gasteiger partial charge in [-0.1, -0.05) is 0 Å². The summed E-state index contributed by atoms with van der Waals surface area (Å²) >= 11 is 0. The Kier molecular flexibility index (Phi) is 5.51. The van der Waals surface area contributed by atoms with Crippen molar-refractivity contribution in [3.63, 3.8) is 0 Å². The number of nitrogens with zero attached hydrogens (tertiary/aromatic N) is 4. The van der Waals surface area contributed by atoms with Crippen LogP contribution in [0.4, 0.5) is 0 Å². The van der Waals surface area contributed by atoms with Gasteiger partial charge in [0.1, 0.15) is 23.1 Å². The Morgan fingerprint density at radius 3 is 2.36 bits per heavy atom. The topological polar surface area (TPSA) is 72.5 Å². The molecule has 0 saturated carbocycles. The molecule has 0 unspecified atom stereocenters. The summed E-state index contributed by atoms with van der Waals surface area (Å²) in [5.41, 5.74) is 5.55. The number of ether oxygens (including phenoxy) is 2. The molecule has 3 aromatic rings. The van der Waals surface area contributed by atoms with Crippen molar-refractivity contribution in [1.29, 1.82) is 0 Å². The van der Waals surface area contributed by atoms with Gasteiger partial charge in [-0.25, -0.2) is 0 Å². The van der Waals surface area contributed by atoms with E-state index in [0.29, 0.717) is 11.9 Å². The zero-order valence-corrected chi connectivity index (χ0v) is 17.1. The Hall–Kier alpha value is -3.13. The number of hydrogen-bond acceptors (Lipinski definition) is 6. The van der Waals surface area contributed by atoms with E-state index in [1.165, 1.54) is 4.79 Å². The lowest BCUT2D eigenvalue weighted by Gasteiger charge is -2.19. The summed E-state index contributed by atoms with van der Waals surface area (Å²) in [7, 11) is 10.8. The smallest absolute Gasteiger partial charge is 0.264 e. The number of nitrogens with one attached hydrogen (secondary N) is 1. The summed E-state index contributed by atoms with van der Waals surface area (Å²) in [4.78, 5) is 16.2. The van der Waals surface area contributed by atoms with E-state index in [9.17, 15) is 4.79 Å². The lowest BCUT2D eigenvalue weighted by molar-refractivity contribution is -0.706. The van der Waals surface area contributed by atoms with Gasteiger partial charge in [0.05, 0.1) is 26.8 Å². The van der Waals surface area contributed by atoms with Crippen LogP contribution >= 0.6 is 0 Å². The highest BCUT2D eigenvalue weighted by Gasteiger charge is 2.18. The van der Waals surface area contributed by atoms with Crippen molar-refractivity contribution in [2.75, 3.05) is 40.8 Å². The fraction of sp³-hybridized carbons (Fsp3) is 0.350. The predicted molar refractivity (Wildman–Crippen MR) is 108 cm³/mol. The molecule has 8 nitrogen and oxygen atoms in total. The maximum atomic E-state index is 12.6. The first-order chi connectivity index (χ1) is 13.4. The molecule has 148 valence electrons. The molecule has 0 atom stereocenters. The molecule has 3 rings (SSSR count). The van der Waals surface area contributed by atoms with E-state index in [1.807, 2.05) is 32.4 Å². The fourth-order valence-electron chi connectivity index (χ4n) is 3.28. The zero-order chi connectivity index (χ0) is 20.4. The molecule has 1 N–H and O–H groups in total. The lowest BCUT2D eigenvalue weighted by atomic mass is 9.99. The second-order valence-corrected chi connectivity index (χ2v) is 6.83. The number of hydrogen-bond donors (Lipinski definition) is 1. The van der Waals surface area contributed by atoms with Crippen molar-refractivity contribution < 1.29 is 14.3 Å². The third-order valence-corrected chi connectivity index (χ3v) is 4.64. The standard InChI is InChI=1S/C20H26N5O3/c1-21-25-12-16-14(9-22-25)15(11-24(4)20(16)26)13-7-18(27-5)17(10-23(2)3)19(8-13)28-6/h7-9,11-12H,10H2,1-6H3,(H,21,22)/q+1. The largest absolute Gasteiger partial charge is 0.496 e. The first-order valence-corrected chi connectivity index (χ1v) is 8.88. The van der Waals surface area contributed by atoms with Crippen LogP contribution in [0.3, 0.4) is 0 Å². The fourth-order valence-corrected chi connectivity index (χ4v) is 3.28. The number of aryl methyl sites for hydroxylation is 1. The van der Waals surface area contributed by atoms with Crippen molar-refractivity contribution in [3.8, 4) is 22.6 Å². The van der Waals surface area contributed by atoms with Gasteiger partial charge in [0.25, 0.3) is 5.56 Å². The molecule has 0 fully saturated rings. The molecule has 0 aliphatic rings. The van der Waals surface area contributed by atoms with Crippen LogP contribution in [0.2, 0.25) is 0 Å². The van der Waals surface area contributed by atoms with Crippen LogP contribution in [-0.4, -0.2) is 49.9 Å². The summed E-state index contributed by atoms with van der Waals surface area (Å²) in [5, 5.41) is 5.64. The number of aromatic nitrogens is 3. The molecule has 0 aliphatic heterocycles.